The van der Waals surface area contributed by atoms with Gasteiger partial charge in [-0.15, -0.1) is 0 Å². The molecule has 0 aliphatic rings. The molecule has 0 aromatic heterocycles. The van der Waals surface area contributed by atoms with E-state index in [1.54, 1.807) is 0 Å². The first-order valence-corrected chi connectivity index (χ1v) is 6.77. The van der Waals surface area contributed by atoms with Crippen LogP contribution in [-0.2, 0) is 4.74 Å². The Balaban J connectivity index is 2.96. The molecule has 1 aromatic carbocycles. The second-order valence-corrected chi connectivity index (χ2v) is 6.24. The van der Waals surface area contributed by atoms with Crippen LogP contribution in [0.15, 0.2) is 30.8 Å². The third-order valence-electron chi connectivity index (χ3n) is 3.25. The standard InChI is InChI=1S/C17H26O2/c1-8-14-9-11-15(12-10-14)19-17(7,16(4,5)6)18-13(2)3/h8-13H,1H2,2-7H3. The van der Waals surface area contributed by atoms with Crippen molar-refractivity contribution in [1.29, 1.82) is 0 Å². The monoisotopic (exact) mass is 262 g/mol. The van der Waals surface area contributed by atoms with Crippen LogP contribution in [0.2, 0.25) is 0 Å². The molecule has 2 heteroatoms. The Morgan fingerprint density at radius 3 is 1.95 bits per heavy atom. The largest absolute Gasteiger partial charge is 0.462 e. The average Bonchev–Trinajstić information content (AvgIpc) is 2.27. The van der Waals surface area contributed by atoms with Crippen molar-refractivity contribution in [2.24, 2.45) is 5.41 Å². The van der Waals surface area contributed by atoms with Crippen LogP contribution in [0.4, 0.5) is 0 Å². The maximum Gasteiger partial charge on any atom is 0.212 e. The first-order chi connectivity index (χ1) is 8.68. The Morgan fingerprint density at radius 1 is 1.05 bits per heavy atom. The summed E-state index contributed by atoms with van der Waals surface area (Å²) in [6.07, 6.45) is 1.92. The van der Waals surface area contributed by atoms with Crippen molar-refractivity contribution >= 4 is 6.08 Å². The van der Waals surface area contributed by atoms with E-state index in [0.717, 1.165) is 11.3 Å². The molecule has 1 unspecified atom stereocenters. The predicted molar refractivity (Wildman–Crippen MR) is 81.2 cm³/mol. The smallest absolute Gasteiger partial charge is 0.212 e. The molecule has 0 saturated carbocycles. The minimum absolute atomic E-state index is 0.108. The quantitative estimate of drug-likeness (QED) is 0.703. The van der Waals surface area contributed by atoms with Gasteiger partial charge < -0.3 is 9.47 Å². The molecule has 1 atom stereocenters. The lowest BCUT2D eigenvalue weighted by molar-refractivity contribution is -0.247. The van der Waals surface area contributed by atoms with Gasteiger partial charge in [0.1, 0.15) is 5.75 Å². The molecule has 0 aliphatic heterocycles. The molecule has 0 spiro atoms. The Kier molecular flexibility index (Phi) is 4.81. The number of ether oxygens (including phenoxy) is 2. The Labute approximate surface area is 117 Å². The third kappa shape index (κ3) is 4.10. The van der Waals surface area contributed by atoms with Gasteiger partial charge in [0.25, 0.3) is 0 Å². The van der Waals surface area contributed by atoms with Gasteiger partial charge in [-0.05, 0) is 31.5 Å². The Bertz CT molecular complexity index is 412. The summed E-state index contributed by atoms with van der Waals surface area (Å²) in [5.74, 6) is 0.139. The molecule has 0 N–H and O–H groups in total. The summed E-state index contributed by atoms with van der Waals surface area (Å²) in [5, 5.41) is 0. The Morgan fingerprint density at radius 2 is 1.58 bits per heavy atom. The van der Waals surface area contributed by atoms with Crippen LogP contribution in [0.5, 0.6) is 5.75 Å². The fourth-order valence-corrected chi connectivity index (χ4v) is 1.70. The number of hydrogen-bond donors (Lipinski definition) is 0. The Hall–Kier alpha value is -1.28. The average molecular weight is 262 g/mol. The second-order valence-electron chi connectivity index (χ2n) is 6.24. The molecule has 1 aromatic rings. The van der Waals surface area contributed by atoms with Crippen LogP contribution in [0.3, 0.4) is 0 Å². The van der Waals surface area contributed by atoms with E-state index in [-0.39, 0.29) is 11.5 Å². The molecule has 1 rings (SSSR count). The highest BCUT2D eigenvalue weighted by atomic mass is 16.7. The second kappa shape index (κ2) is 5.79. The first kappa shape index (κ1) is 15.8. The minimum Gasteiger partial charge on any atom is -0.462 e. The number of hydrogen-bond acceptors (Lipinski definition) is 2. The van der Waals surface area contributed by atoms with Crippen LogP contribution in [0.25, 0.3) is 6.08 Å². The van der Waals surface area contributed by atoms with Gasteiger partial charge in [0.05, 0.1) is 6.10 Å². The van der Waals surface area contributed by atoms with Crippen molar-refractivity contribution in [2.45, 2.75) is 53.4 Å². The summed E-state index contributed by atoms with van der Waals surface area (Å²) >= 11 is 0. The maximum atomic E-state index is 6.12. The molecule has 0 radical (unpaired) electrons. The lowest BCUT2D eigenvalue weighted by atomic mass is 9.86. The van der Waals surface area contributed by atoms with E-state index in [1.165, 1.54) is 0 Å². The van der Waals surface area contributed by atoms with Crippen molar-refractivity contribution < 1.29 is 9.47 Å². The van der Waals surface area contributed by atoms with Gasteiger partial charge in [0.2, 0.25) is 5.79 Å². The predicted octanol–water partition coefficient (Wildman–Crippen LogP) is 4.90. The maximum absolute atomic E-state index is 6.12. The first-order valence-electron chi connectivity index (χ1n) is 6.77. The fraction of sp³-hybridized carbons (Fsp3) is 0.529. The molecule has 0 saturated heterocycles. The molecule has 19 heavy (non-hydrogen) atoms. The minimum atomic E-state index is -0.670. The molecule has 0 heterocycles. The third-order valence-corrected chi connectivity index (χ3v) is 3.25. The summed E-state index contributed by atoms with van der Waals surface area (Å²) in [6.45, 7) is 16.1. The van der Waals surface area contributed by atoms with Gasteiger partial charge in [-0.25, -0.2) is 0 Å². The molecule has 106 valence electrons. The zero-order valence-corrected chi connectivity index (χ0v) is 13.0. The van der Waals surface area contributed by atoms with Gasteiger partial charge in [-0.1, -0.05) is 45.6 Å². The van der Waals surface area contributed by atoms with E-state index in [0.29, 0.717) is 0 Å². The SMILES string of the molecule is C=Cc1ccc(OC(C)(OC(C)C)C(C)(C)C)cc1. The van der Waals surface area contributed by atoms with Crippen LogP contribution in [0.1, 0.15) is 47.1 Å². The van der Waals surface area contributed by atoms with E-state index in [9.17, 15) is 0 Å². The van der Waals surface area contributed by atoms with Crippen molar-refractivity contribution in [1.82, 2.24) is 0 Å². The van der Waals surface area contributed by atoms with Gasteiger partial charge >= 0.3 is 0 Å². The zero-order valence-electron chi connectivity index (χ0n) is 13.0. The van der Waals surface area contributed by atoms with Gasteiger partial charge in [-0.2, -0.15) is 0 Å². The zero-order chi connectivity index (χ0) is 14.7. The molecule has 2 nitrogen and oxygen atoms in total. The highest BCUT2D eigenvalue weighted by Gasteiger charge is 2.42. The van der Waals surface area contributed by atoms with Gasteiger partial charge in [0, 0.05) is 12.3 Å². The highest BCUT2D eigenvalue weighted by molar-refractivity contribution is 5.48. The van der Waals surface area contributed by atoms with Crippen LogP contribution in [0, 0.1) is 5.41 Å². The normalized spacial score (nSPS) is 15.1. The number of benzene rings is 1. The fourth-order valence-electron chi connectivity index (χ4n) is 1.70. The lowest BCUT2D eigenvalue weighted by Gasteiger charge is -2.42. The van der Waals surface area contributed by atoms with Crippen molar-refractivity contribution in [3.63, 3.8) is 0 Å². The highest BCUT2D eigenvalue weighted by Crippen LogP contribution is 2.36. The van der Waals surface area contributed by atoms with E-state index < -0.39 is 5.79 Å². The summed E-state index contributed by atoms with van der Waals surface area (Å²) in [6, 6.07) is 7.87. The molecule has 0 fully saturated rings. The van der Waals surface area contributed by atoms with E-state index in [4.69, 9.17) is 9.47 Å². The van der Waals surface area contributed by atoms with Crippen LogP contribution < -0.4 is 4.74 Å². The topological polar surface area (TPSA) is 18.5 Å². The van der Waals surface area contributed by atoms with Gasteiger partial charge in [0.15, 0.2) is 0 Å². The van der Waals surface area contributed by atoms with Crippen LogP contribution >= 0.6 is 0 Å². The van der Waals surface area contributed by atoms with E-state index in [2.05, 4.69) is 27.4 Å². The summed E-state index contributed by atoms with van der Waals surface area (Å²) in [5.41, 5.74) is 0.948. The van der Waals surface area contributed by atoms with Crippen LogP contribution in [-0.4, -0.2) is 11.9 Å². The molecule has 0 bridgehead atoms. The summed E-state index contributed by atoms with van der Waals surface area (Å²) in [7, 11) is 0. The van der Waals surface area contributed by atoms with E-state index in [1.807, 2.05) is 51.1 Å². The molecular weight excluding hydrogens is 236 g/mol. The summed E-state index contributed by atoms with van der Waals surface area (Å²) < 4.78 is 12.1. The van der Waals surface area contributed by atoms with Crippen molar-refractivity contribution in [3.8, 4) is 5.75 Å². The molecule has 0 amide bonds. The van der Waals surface area contributed by atoms with E-state index >= 15 is 0 Å². The van der Waals surface area contributed by atoms with Crippen molar-refractivity contribution in [3.05, 3.63) is 36.4 Å². The van der Waals surface area contributed by atoms with Crippen molar-refractivity contribution in [2.75, 3.05) is 0 Å². The molecular formula is C17H26O2. The molecule has 0 aliphatic carbocycles. The lowest BCUT2D eigenvalue weighted by Crippen LogP contribution is -2.49. The summed E-state index contributed by atoms with van der Waals surface area (Å²) in [4.78, 5) is 0. The number of rotatable bonds is 5. The van der Waals surface area contributed by atoms with Gasteiger partial charge in [-0.3, -0.25) is 0 Å².